The fourth-order valence-electron chi connectivity index (χ4n) is 3.26. The molecule has 4 N–H and O–H groups in total. The average molecular weight is 424 g/mol. The maximum atomic E-state index is 13.9. The molecule has 1 atom stereocenters. The second kappa shape index (κ2) is 8.81. The molecule has 0 spiro atoms. The molecular weight excluding hydrogens is 403 g/mol. The summed E-state index contributed by atoms with van der Waals surface area (Å²) in [4.78, 5) is 16.2. The van der Waals surface area contributed by atoms with Crippen molar-refractivity contribution in [2.24, 2.45) is 12.8 Å². The van der Waals surface area contributed by atoms with E-state index in [1.807, 2.05) is 0 Å². The highest BCUT2D eigenvalue weighted by molar-refractivity contribution is 5.91. The Balaban J connectivity index is 2.03. The number of rotatable bonds is 6. The monoisotopic (exact) mass is 424 g/mol. The summed E-state index contributed by atoms with van der Waals surface area (Å²) in [6.07, 6.45) is 0.730. The number of nitriles is 1. The van der Waals surface area contributed by atoms with Crippen molar-refractivity contribution in [3.63, 3.8) is 0 Å². The van der Waals surface area contributed by atoms with Crippen molar-refractivity contribution in [3.8, 4) is 22.9 Å². The summed E-state index contributed by atoms with van der Waals surface area (Å²) in [7, 11) is 2.88. The summed E-state index contributed by atoms with van der Waals surface area (Å²) in [5.41, 5.74) is 14.1. The lowest BCUT2D eigenvalue weighted by Gasteiger charge is -2.19. The number of halogens is 1. The summed E-state index contributed by atoms with van der Waals surface area (Å²) in [5, 5.41) is 13.8. The second-order valence-electron chi connectivity index (χ2n) is 6.70. The van der Waals surface area contributed by atoms with E-state index < -0.39 is 17.9 Å². The number of carbonyl (C=O) groups excluding carboxylic acids is 1. The number of nitrogen functional groups attached to an aromatic ring is 1. The second-order valence-corrected chi connectivity index (χ2v) is 6.70. The molecule has 0 aliphatic rings. The molecule has 0 unspecified atom stereocenters. The van der Waals surface area contributed by atoms with Crippen LogP contribution in [0.5, 0.6) is 5.75 Å². The van der Waals surface area contributed by atoms with Gasteiger partial charge in [-0.05, 0) is 31.2 Å². The first-order valence-corrected chi connectivity index (χ1v) is 9.27. The number of hydrogen-bond acceptors (Lipinski definition) is 8. The number of esters is 1. The van der Waals surface area contributed by atoms with Crippen LogP contribution in [0, 0.1) is 17.1 Å². The molecule has 0 amide bonds. The number of ether oxygens (including phenoxy) is 2. The number of hydrogen-bond donors (Lipinski definition) is 2. The van der Waals surface area contributed by atoms with Gasteiger partial charge in [0.2, 0.25) is 0 Å². The minimum absolute atomic E-state index is 0.0864. The van der Waals surface area contributed by atoms with Crippen LogP contribution < -0.4 is 16.2 Å². The molecular formula is C21H21FN6O3. The van der Waals surface area contributed by atoms with Crippen LogP contribution in [0.2, 0.25) is 0 Å². The van der Waals surface area contributed by atoms with E-state index in [1.165, 1.54) is 36.2 Å². The van der Waals surface area contributed by atoms with Crippen LogP contribution in [0.1, 0.15) is 40.3 Å². The first-order chi connectivity index (χ1) is 14.8. The fourth-order valence-corrected chi connectivity index (χ4v) is 3.26. The topological polar surface area (TPSA) is 142 Å². The van der Waals surface area contributed by atoms with E-state index in [0.29, 0.717) is 28.1 Å². The maximum Gasteiger partial charge on any atom is 0.338 e. The number of nitrogens with two attached hydrogens (primary N) is 2. The van der Waals surface area contributed by atoms with Gasteiger partial charge in [-0.2, -0.15) is 10.4 Å². The minimum atomic E-state index is -0.762. The molecule has 3 rings (SSSR count). The highest BCUT2D eigenvalue weighted by atomic mass is 19.1. The molecule has 0 saturated heterocycles. The number of pyridine rings is 1. The maximum absolute atomic E-state index is 13.9. The Kier molecular flexibility index (Phi) is 6.17. The van der Waals surface area contributed by atoms with Gasteiger partial charge >= 0.3 is 5.97 Å². The molecule has 0 aliphatic carbocycles. The Morgan fingerprint density at radius 3 is 2.77 bits per heavy atom. The molecule has 31 heavy (non-hydrogen) atoms. The Hall–Kier alpha value is -3.97. The van der Waals surface area contributed by atoms with Gasteiger partial charge in [-0.15, -0.1) is 0 Å². The Morgan fingerprint density at radius 2 is 2.13 bits per heavy atom. The predicted octanol–water partition coefficient (Wildman–Crippen LogP) is 2.46. The first-order valence-electron chi connectivity index (χ1n) is 9.27. The van der Waals surface area contributed by atoms with Crippen LogP contribution in [-0.2, 0) is 18.3 Å². The predicted molar refractivity (Wildman–Crippen MR) is 110 cm³/mol. The summed E-state index contributed by atoms with van der Waals surface area (Å²) in [6.45, 7) is 1.76. The van der Waals surface area contributed by atoms with E-state index in [1.54, 1.807) is 20.0 Å². The number of benzene rings is 1. The van der Waals surface area contributed by atoms with Crippen LogP contribution in [-0.4, -0.2) is 27.8 Å². The summed E-state index contributed by atoms with van der Waals surface area (Å²) in [6, 6.07) is 7.40. The van der Waals surface area contributed by atoms with Gasteiger partial charge in [0.25, 0.3) is 0 Å². The molecule has 2 heterocycles. The molecule has 1 aromatic carbocycles. The summed E-state index contributed by atoms with van der Waals surface area (Å²) >= 11 is 0. The third-order valence-corrected chi connectivity index (χ3v) is 4.75. The zero-order valence-corrected chi connectivity index (χ0v) is 17.2. The van der Waals surface area contributed by atoms with Gasteiger partial charge in [-0.25, -0.2) is 14.2 Å². The zero-order chi connectivity index (χ0) is 22.7. The Labute approximate surface area is 178 Å². The van der Waals surface area contributed by atoms with Crippen LogP contribution in [0.25, 0.3) is 11.1 Å². The van der Waals surface area contributed by atoms with Gasteiger partial charge in [0, 0.05) is 36.5 Å². The van der Waals surface area contributed by atoms with Gasteiger partial charge in [-0.3, -0.25) is 4.68 Å². The van der Waals surface area contributed by atoms with E-state index in [2.05, 4.69) is 16.2 Å². The number of aryl methyl sites for hydroxylation is 1. The Morgan fingerprint density at radius 1 is 1.39 bits per heavy atom. The smallest absolute Gasteiger partial charge is 0.338 e. The number of aromatic nitrogens is 3. The van der Waals surface area contributed by atoms with Crippen molar-refractivity contribution in [1.82, 2.24) is 14.8 Å². The fraction of sp³-hybridized carbons (Fsp3) is 0.238. The van der Waals surface area contributed by atoms with Crippen LogP contribution in [0.3, 0.4) is 0 Å². The number of nitrogens with zero attached hydrogens (tertiary/aromatic N) is 4. The highest BCUT2D eigenvalue weighted by Crippen LogP contribution is 2.34. The normalized spacial score (nSPS) is 11.6. The van der Waals surface area contributed by atoms with Gasteiger partial charge in [-0.1, -0.05) is 0 Å². The lowest BCUT2D eigenvalue weighted by molar-refractivity contribution is 0.0595. The largest absolute Gasteiger partial charge is 0.482 e. The third kappa shape index (κ3) is 4.17. The van der Waals surface area contributed by atoms with Crippen molar-refractivity contribution in [3.05, 3.63) is 58.8 Å². The molecule has 9 nitrogen and oxygen atoms in total. The molecule has 3 aromatic rings. The van der Waals surface area contributed by atoms with Gasteiger partial charge in [0.1, 0.15) is 23.7 Å². The zero-order valence-electron chi connectivity index (χ0n) is 17.2. The molecule has 0 radical (unpaired) electrons. The van der Waals surface area contributed by atoms with Crippen LogP contribution >= 0.6 is 0 Å². The van der Waals surface area contributed by atoms with Crippen molar-refractivity contribution in [2.75, 3.05) is 12.8 Å². The van der Waals surface area contributed by atoms with Crippen molar-refractivity contribution in [2.45, 2.75) is 19.6 Å². The lowest BCUT2D eigenvalue weighted by Crippen LogP contribution is -2.13. The quantitative estimate of drug-likeness (QED) is 0.575. The lowest BCUT2D eigenvalue weighted by atomic mass is 10.0. The summed E-state index contributed by atoms with van der Waals surface area (Å²) in [5.74, 6) is -0.865. The minimum Gasteiger partial charge on any atom is -0.482 e. The summed E-state index contributed by atoms with van der Waals surface area (Å²) < 4.78 is 26.0. The molecule has 10 heteroatoms. The van der Waals surface area contributed by atoms with E-state index in [9.17, 15) is 14.4 Å². The molecule has 0 saturated carbocycles. The van der Waals surface area contributed by atoms with Crippen molar-refractivity contribution < 1.29 is 18.7 Å². The average Bonchev–Trinajstić information content (AvgIpc) is 3.09. The number of methoxy groups -OCH3 is 1. The van der Waals surface area contributed by atoms with Gasteiger partial charge in [0.15, 0.2) is 11.6 Å². The van der Waals surface area contributed by atoms with Crippen LogP contribution in [0.15, 0.2) is 30.5 Å². The molecule has 0 bridgehead atoms. The van der Waals surface area contributed by atoms with Crippen molar-refractivity contribution >= 4 is 11.8 Å². The highest BCUT2D eigenvalue weighted by Gasteiger charge is 2.22. The van der Waals surface area contributed by atoms with Crippen molar-refractivity contribution in [1.29, 1.82) is 5.26 Å². The van der Waals surface area contributed by atoms with Gasteiger partial charge in [0.05, 0.1) is 18.4 Å². The van der Waals surface area contributed by atoms with E-state index in [-0.39, 0.29) is 23.7 Å². The SMILES string of the molecule is COC(=O)c1ccc(F)cc1[C@@H](C)Oc1cc(-c2c(CN)nn(C)c2C#N)cnc1N. The standard InChI is InChI=1S/C21H21FN6O3/c1-11(15-7-13(22)4-5-14(15)21(29)30-3)31-18-6-12(10-26-20(18)25)19-16(8-23)27-28(2)17(19)9-24/h4-7,10-11H,8,23H2,1-3H3,(H2,25,26)/t11-/m1/s1. The van der Waals surface area contributed by atoms with E-state index in [4.69, 9.17) is 20.9 Å². The third-order valence-electron chi connectivity index (χ3n) is 4.75. The first kappa shape index (κ1) is 21.7. The molecule has 2 aromatic heterocycles. The molecule has 0 aliphatic heterocycles. The van der Waals surface area contributed by atoms with Gasteiger partial charge < -0.3 is 20.9 Å². The molecule has 0 fully saturated rings. The van der Waals surface area contributed by atoms with Crippen LogP contribution in [0.4, 0.5) is 10.2 Å². The number of carbonyl (C=O) groups is 1. The van der Waals surface area contributed by atoms with E-state index >= 15 is 0 Å². The Bertz CT molecular complexity index is 1180. The number of anilines is 1. The molecule has 160 valence electrons. The van der Waals surface area contributed by atoms with E-state index in [0.717, 1.165) is 0 Å².